The lowest BCUT2D eigenvalue weighted by Crippen LogP contribution is -2.06. The standard InChI is InChI=1S/C14H18O5/c1-9(15)12-7-11(5-6-19-10(2)16)13(17-3)8-14(12)18-4/h7-8H,5-6H2,1-4H3. The number of hydrogen-bond donors (Lipinski definition) is 0. The average molecular weight is 266 g/mol. The molecule has 0 amide bonds. The molecule has 1 aromatic rings. The summed E-state index contributed by atoms with van der Waals surface area (Å²) in [5.74, 6) is 0.655. The fourth-order valence-electron chi connectivity index (χ4n) is 1.74. The van der Waals surface area contributed by atoms with Gasteiger partial charge in [-0.25, -0.2) is 0 Å². The van der Waals surface area contributed by atoms with Crippen LogP contribution >= 0.6 is 0 Å². The minimum atomic E-state index is -0.334. The SMILES string of the molecule is COc1cc(OC)c(C(C)=O)cc1CCOC(C)=O. The zero-order chi connectivity index (χ0) is 14.4. The Hall–Kier alpha value is -2.04. The molecule has 0 fully saturated rings. The van der Waals surface area contributed by atoms with E-state index in [1.54, 1.807) is 12.1 Å². The van der Waals surface area contributed by atoms with E-state index < -0.39 is 0 Å². The lowest BCUT2D eigenvalue weighted by Gasteiger charge is -2.13. The summed E-state index contributed by atoms with van der Waals surface area (Å²) in [7, 11) is 3.04. The lowest BCUT2D eigenvalue weighted by atomic mass is 10.0. The van der Waals surface area contributed by atoms with Gasteiger partial charge in [0.1, 0.15) is 11.5 Å². The predicted molar refractivity (Wildman–Crippen MR) is 69.9 cm³/mol. The van der Waals surface area contributed by atoms with Gasteiger partial charge in [-0.15, -0.1) is 0 Å². The first-order valence-corrected chi connectivity index (χ1v) is 5.88. The number of benzene rings is 1. The molecule has 0 aromatic heterocycles. The Bertz CT molecular complexity index is 479. The summed E-state index contributed by atoms with van der Waals surface area (Å²) in [5, 5.41) is 0. The number of carbonyl (C=O) groups is 2. The van der Waals surface area contributed by atoms with Crippen molar-refractivity contribution in [1.29, 1.82) is 0 Å². The van der Waals surface area contributed by atoms with E-state index in [0.29, 0.717) is 23.5 Å². The number of Topliss-reactive ketones (excluding diaryl/α,β-unsaturated/α-hetero) is 1. The first-order valence-electron chi connectivity index (χ1n) is 5.88. The maximum absolute atomic E-state index is 11.6. The quantitative estimate of drug-likeness (QED) is 0.582. The molecule has 104 valence electrons. The van der Waals surface area contributed by atoms with Gasteiger partial charge in [-0.3, -0.25) is 9.59 Å². The maximum Gasteiger partial charge on any atom is 0.302 e. The number of ether oxygens (including phenoxy) is 3. The molecule has 1 aromatic carbocycles. The highest BCUT2D eigenvalue weighted by Gasteiger charge is 2.14. The number of hydrogen-bond acceptors (Lipinski definition) is 5. The molecule has 0 N–H and O–H groups in total. The van der Waals surface area contributed by atoms with Crippen LogP contribution in [0, 0.1) is 0 Å². The van der Waals surface area contributed by atoms with Gasteiger partial charge in [0.15, 0.2) is 5.78 Å². The summed E-state index contributed by atoms with van der Waals surface area (Å²) in [6.45, 7) is 3.07. The van der Waals surface area contributed by atoms with E-state index in [9.17, 15) is 9.59 Å². The number of rotatable bonds is 6. The molecule has 0 unspecified atom stereocenters. The second kappa shape index (κ2) is 6.78. The van der Waals surface area contributed by atoms with Crippen molar-refractivity contribution in [2.75, 3.05) is 20.8 Å². The van der Waals surface area contributed by atoms with Crippen LogP contribution in [0.2, 0.25) is 0 Å². The minimum Gasteiger partial charge on any atom is -0.496 e. The minimum absolute atomic E-state index is 0.0896. The fourth-order valence-corrected chi connectivity index (χ4v) is 1.74. The summed E-state index contributed by atoms with van der Waals surface area (Å²) >= 11 is 0. The molecular weight excluding hydrogens is 248 g/mol. The maximum atomic E-state index is 11.6. The van der Waals surface area contributed by atoms with Gasteiger partial charge >= 0.3 is 5.97 Å². The Morgan fingerprint density at radius 2 is 1.68 bits per heavy atom. The van der Waals surface area contributed by atoms with Crippen LogP contribution in [0.15, 0.2) is 12.1 Å². The van der Waals surface area contributed by atoms with Crippen molar-refractivity contribution in [2.45, 2.75) is 20.3 Å². The molecule has 0 saturated heterocycles. The van der Waals surface area contributed by atoms with Gasteiger partial charge in [0, 0.05) is 19.4 Å². The zero-order valence-corrected chi connectivity index (χ0v) is 11.6. The highest BCUT2D eigenvalue weighted by atomic mass is 16.5. The van der Waals surface area contributed by atoms with E-state index >= 15 is 0 Å². The third-order valence-electron chi connectivity index (χ3n) is 2.66. The van der Waals surface area contributed by atoms with E-state index in [4.69, 9.17) is 14.2 Å². The molecular formula is C14H18O5. The highest BCUT2D eigenvalue weighted by molar-refractivity contribution is 5.97. The van der Waals surface area contributed by atoms with Crippen LogP contribution in [0.5, 0.6) is 11.5 Å². The average Bonchev–Trinajstić information content (AvgIpc) is 2.37. The van der Waals surface area contributed by atoms with Gasteiger partial charge in [0.2, 0.25) is 0 Å². The normalized spacial score (nSPS) is 9.89. The Labute approximate surface area is 112 Å². The second-order valence-corrected chi connectivity index (χ2v) is 4.01. The van der Waals surface area contributed by atoms with E-state index in [2.05, 4.69) is 0 Å². The third-order valence-corrected chi connectivity index (χ3v) is 2.66. The first kappa shape index (κ1) is 15.0. The molecule has 5 heteroatoms. The monoisotopic (exact) mass is 266 g/mol. The van der Waals surface area contributed by atoms with Crippen LogP contribution in [0.25, 0.3) is 0 Å². The molecule has 5 nitrogen and oxygen atoms in total. The molecule has 0 aliphatic heterocycles. The molecule has 0 radical (unpaired) electrons. The largest absolute Gasteiger partial charge is 0.496 e. The zero-order valence-electron chi connectivity index (χ0n) is 11.6. The second-order valence-electron chi connectivity index (χ2n) is 4.01. The van der Waals surface area contributed by atoms with E-state index in [0.717, 1.165) is 5.56 Å². The van der Waals surface area contributed by atoms with Crippen molar-refractivity contribution in [3.8, 4) is 11.5 Å². The van der Waals surface area contributed by atoms with Crippen LogP contribution in [0.3, 0.4) is 0 Å². The van der Waals surface area contributed by atoms with Gasteiger partial charge in [-0.2, -0.15) is 0 Å². The number of carbonyl (C=O) groups excluding carboxylic acids is 2. The van der Waals surface area contributed by atoms with Gasteiger partial charge < -0.3 is 14.2 Å². The molecule has 0 aliphatic carbocycles. The summed E-state index contributed by atoms with van der Waals surface area (Å²) in [6.07, 6.45) is 0.479. The Morgan fingerprint density at radius 3 is 2.16 bits per heavy atom. The van der Waals surface area contributed by atoms with Gasteiger partial charge in [-0.05, 0) is 18.6 Å². The van der Waals surface area contributed by atoms with Crippen molar-refractivity contribution >= 4 is 11.8 Å². The Morgan fingerprint density at radius 1 is 1.05 bits per heavy atom. The fraction of sp³-hybridized carbons (Fsp3) is 0.429. The van der Waals surface area contributed by atoms with Crippen LogP contribution in [0.1, 0.15) is 29.8 Å². The van der Waals surface area contributed by atoms with E-state index in [-0.39, 0.29) is 18.4 Å². The van der Waals surface area contributed by atoms with Crippen molar-refractivity contribution in [3.63, 3.8) is 0 Å². The summed E-state index contributed by atoms with van der Waals surface area (Å²) in [4.78, 5) is 22.3. The smallest absolute Gasteiger partial charge is 0.302 e. The first-order chi connectivity index (χ1) is 8.99. The molecule has 0 spiro atoms. The summed E-state index contributed by atoms with van der Waals surface area (Å²) < 4.78 is 15.3. The van der Waals surface area contributed by atoms with Crippen molar-refractivity contribution in [3.05, 3.63) is 23.3 Å². The van der Waals surface area contributed by atoms with Crippen LogP contribution in [-0.4, -0.2) is 32.6 Å². The summed E-state index contributed by atoms with van der Waals surface area (Å²) in [5.41, 5.74) is 1.29. The van der Waals surface area contributed by atoms with E-state index in [1.807, 2.05) is 0 Å². The Kier molecular flexibility index (Phi) is 5.36. The van der Waals surface area contributed by atoms with Gasteiger partial charge in [-0.1, -0.05) is 0 Å². The molecule has 1 rings (SSSR count). The molecule has 0 aliphatic rings. The van der Waals surface area contributed by atoms with Crippen molar-refractivity contribution in [1.82, 2.24) is 0 Å². The van der Waals surface area contributed by atoms with Crippen molar-refractivity contribution < 1.29 is 23.8 Å². The number of ketones is 1. The van der Waals surface area contributed by atoms with E-state index in [1.165, 1.54) is 28.1 Å². The van der Waals surface area contributed by atoms with Gasteiger partial charge in [0.05, 0.1) is 26.4 Å². The van der Waals surface area contributed by atoms with Crippen LogP contribution in [-0.2, 0) is 16.0 Å². The van der Waals surface area contributed by atoms with Crippen LogP contribution in [0.4, 0.5) is 0 Å². The lowest BCUT2D eigenvalue weighted by molar-refractivity contribution is -0.140. The molecule has 19 heavy (non-hydrogen) atoms. The van der Waals surface area contributed by atoms with Gasteiger partial charge in [0.25, 0.3) is 0 Å². The molecule has 0 saturated carbocycles. The topological polar surface area (TPSA) is 61.8 Å². The number of esters is 1. The highest BCUT2D eigenvalue weighted by Crippen LogP contribution is 2.29. The predicted octanol–water partition coefficient (Wildman–Crippen LogP) is 2.01. The van der Waals surface area contributed by atoms with Crippen LogP contribution < -0.4 is 9.47 Å². The number of methoxy groups -OCH3 is 2. The Balaban J connectivity index is 3.04. The molecule has 0 atom stereocenters. The van der Waals surface area contributed by atoms with Crippen molar-refractivity contribution in [2.24, 2.45) is 0 Å². The third kappa shape index (κ3) is 3.98. The molecule has 0 heterocycles. The molecule has 0 bridgehead atoms. The summed E-state index contributed by atoms with van der Waals surface area (Å²) in [6, 6.07) is 3.38.